The van der Waals surface area contributed by atoms with E-state index in [1.165, 1.54) is 6.08 Å². The van der Waals surface area contributed by atoms with Crippen molar-refractivity contribution in [3.8, 4) is 5.75 Å². The zero-order valence-corrected chi connectivity index (χ0v) is 15.5. The van der Waals surface area contributed by atoms with Gasteiger partial charge >= 0.3 is 10.1 Å². The number of amides is 2. The Kier molecular flexibility index (Phi) is 5.71. The van der Waals surface area contributed by atoms with Gasteiger partial charge in [0.15, 0.2) is 5.11 Å². The molecule has 1 aromatic rings. The van der Waals surface area contributed by atoms with E-state index in [4.69, 9.17) is 16.4 Å². The zero-order chi connectivity index (χ0) is 20.4. The second-order valence-corrected chi connectivity index (χ2v) is 7.25. The number of rotatable bonds is 6. The van der Waals surface area contributed by atoms with Crippen LogP contribution >= 0.6 is 12.2 Å². The maximum atomic E-state index is 12.5. The molecule has 1 fully saturated rings. The van der Waals surface area contributed by atoms with E-state index < -0.39 is 32.4 Å². The molecule has 0 saturated carbocycles. The van der Waals surface area contributed by atoms with Gasteiger partial charge in [-0.1, -0.05) is 6.08 Å². The van der Waals surface area contributed by atoms with Crippen LogP contribution in [-0.4, -0.2) is 48.0 Å². The molecule has 1 N–H and O–H groups in total. The molecule has 0 aliphatic carbocycles. The van der Waals surface area contributed by atoms with Crippen LogP contribution in [0.5, 0.6) is 5.75 Å². The number of hydrogen-bond acceptors (Lipinski definition) is 8. The van der Waals surface area contributed by atoms with Crippen LogP contribution in [0.25, 0.3) is 6.08 Å². The zero-order valence-electron chi connectivity index (χ0n) is 13.9. The molecule has 12 heteroatoms. The van der Waals surface area contributed by atoms with Gasteiger partial charge in [0.1, 0.15) is 11.3 Å². The Balaban J connectivity index is 2.60. The number of carbonyl (C=O) groups is 2. The van der Waals surface area contributed by atoms with Gasteiger partial charge in [-0.05, 0) is 24.4 Å². The summed E-state index contributed by atoms with van der Waals surface area (Å²) in [6.07, 6.45) is 3.18. The summed E-state index contributed by atoms with van der Waals surface area (Å²) in [7, 11) is -3.96. The molecule has 2 rings (SSSR count). The lowest BCUT2D eigenvalue weighted by atomic mass is 10.1. The molecule has 0 spiro atoms. The van der Waals surface area contributed by atoms with Crippen molar-refractivity contribution < 1.29 is 27.1 Å². The summed E-state index contributed by atoms with van der Waals surface area (Å²) in [4.78, 5) is 36.0. The van der Waals surface area contributed by atoms with Crippen molar-refractivity contribution in [1.29, 1.82) is 0 Å². The third kappa shape index (κ3) is 4.74. The number of nitrogens with one attached hydrogen (secondary N) is 1. The highest BCUT2D eigenvalue weighted by molar-refractivity contribution is 7.86. The molecule has 142 valence electrons. The van der Waals surface area contributed by atoms with Crippen molar-refractivity contribution in [2.45, 2.75) is 0 Å². The van der Waals surface area contributed by atoms with Crippen LogP contribution in [0.4, 0.5) is 5.69 Å². The molecule has 10 nitrogen and oxygen atoms in total. The Hall–Kier alpha value is -3.12. The maximum Gasteiger partial charge on any atom is 0.306 e. The predicted molar refractivity (Wildman–Crippen MR) is 99.2 cm³/mol. The third-order valence-electron chi connectivity index (χ3n) is 3.24. The fourth-order valence-electron chi connectivity index (χ4n) is 2.15. The largest absolute Gasteiger partial charge is 0.382 e. The summed E-state index contributed by atoms with van der Waals surface area (Å²) in [5.74, 6) is -1.87. The number of nitrogens with zero attached hydrogens (tertiary/aromatic N) is 2. The van der Waals surface area contributed by atoms with E-state index in [0.717, 1.165) is 35.4 Å². The summed E-state index contributed by atoms with van der Waals surface area (Å²) >= 11 is 4.92. The molecule has 1 aliphatic heterocycles. The number of nitro benzene ring substituents is 1. The van der Waals surface area contributed by atoms with Crippen molar-refractivity contribution in [2.75, 3.05) is 12.8 Å². The van der Waals surface area contributed by atoms with Crippen LogP contribution in [0.1, 0.15) is 5.56 Å². The first-order chi connectivity index (χ1) is 12.5. The van der Waals surface area contributed by atoms with Gasteiger partial charge in [0, 0.05) is 24.2 Å². The van der Waals surface area contributed by atoms with Gasteiger partial charge in [-0.25, -0.2) is 0 Å². The van der Waals surface area contributed by atoms with Gasteiger partial charge in [0.25, 0.3) is 17.5 Å². The van der Waals surface area contributed by atoms with Gasteiger partial charge in [-0.2, -0.15) is 8.42 Å². The fourth-order valence-corrected chi connectivity index (χ4v) is 2.87. The van der Waals surface area contributed by atoms with Crippen LogP contribution in [-0.2, 0) is 19.7 Å². The first-order valence-electron chi connectivity index (χ1n) is 7.21. The molecule has 0 atom stereocenters. The summed E-state index contributed by atoms with van der Waals surface area (Å²) < 4.78 is 27.6. The van der Waals surface area contributed by atoms with E-state index >= 15 is 0 Å². The lowest BCUT2D eigenvalue weighted by Crippen LogP contribution is -2.53. The Morgan fingerprint density at radius 3 is 2.63 bits per heavy atom. The number of nitro groups is 1. The quantitative estimate of drug-likeness (QED) is 0.138. The monoisotopic (exact) mass is 411 g/mol. The minimum absolute atomic E-state index is 0.0247. The first kappa shape index (κ1) is 20.2. The molecular formula is C15H13N3O7S2. The molecule has 0 unspecified atom stereocenters. The Bertz CT molecular complexity index is 999. The number of thiocarbonyl (C=S) groups is 1. The molecule has 0 bridgehead atoms. The normalized spacial score (nSPS) is 16.3. The molecule has 27 heavy (non-hydrogen) atoms. The van der Waals surface area contributed by atoms with Gasteiger partial charge < -0.3 is 4.18 Å². The Morgan fingerprint density at radius 1 is 1.41 bits per heavy atom. The maximum absolute atomic E-state index is 12.5. The highest BCUT2D eigenvalue weighted by Crippen LogP contribution is 2.28. The van der Waals surface area contributed by atoms with E-state index in [-0.39, 0.29) is 28.7 Å². The molecule has 1 saturated heterocycles. The van der Waals surface area contributed by atoms with E-state index in [2.05, 4.69) is 11.9 Å². The standard InChI is InChI=1S/C15H13N3O7S2/c1-3-6-17-14(20)11(13(19)16-15(17)26)8-9-7-10(18(21)22)4-5-12(9)25-27(2,23)24/h3-5,7-8H,1,6H2,2H3,(H,16,19,26)/b11-8+. The molecule has 0 aromatic heterocycles. The minimum atomic E-state index is -3.96. The van der Waals surface area contributed by atoms with Crippen LogP contribution in [0.15, 0.2) is 36.4 Å². The predicted octanol–water partition coefficient (Wildman–Crippen LogP) is 0.746. The van der Waals surface area contributed by atoms with Crippen LogP contribution in [0, 0.1) is 10.1 Å². The highest BCUT2D eigenvalue weighted by atomic mass is 32.2. The second kappa shape index (κ2) is 7.63. The number of hydrogen-bond donors (Lipinski definition) is 1. The van der Waals surface area contributed by atoms with Gasteiger partial charge in [0.05, 0.1) is 11.2 Å². The van der Waals surface area contributed by atoms with Crippen molar-refractivity contribution >= 4 is 51.0 Å². The van der Waals surface area contributed by atoms with Crippen LogP contribution in [0.3, 0.4) is 0 Å². The number of benzene rings is 1. The number of carbonyl (C=O) groups excluding carboxylic acids is 2. The van der Waals surface area contributed by atoms with E-state index in [0.29, 0.717) is 0 Å². The highest BCUT2D eigenvalue weighted by Gasteiger charge is 2.33. The molecular weight excluding hydrogens is 398 g/mol. The van der Waals surface area contributed by atoms with E-state index in [1.807, 2.05) is 0 Å². The smallest absolute Gasteiger partial charge is 0.306 e. The number of non-ortho nitro benzene ring substituents is 1. The van der Waals surface area contributed by atoms with E-state index in [9.17, 15) is 28.1 Å². The van der Waals surface area contributed by atoms with Crippen LogP contribution < -0.4 is 9.50 Å². The Labute approximate surface area is 159 Å². The SMILES string of the molecule is C=CCN1C(=O)/C(=C/c2cc([N+](=O)[O-])ccc2OS(C)(=O)=O)C(=O)NC1=S. The molecule has 1 aromatic carbocycles. The lowest BCUT2D eigenvalue weighted by molar-refractivity contribution is -0.384. The summed E-state index contributed by atoms with van der Waals surface area (Å²) in [5.41, 5.74) is -0.923. The molecule has 1 aliphatic rings. The lowest BCUT2D eigenvalue weighted by Gasteiger charge is -2.27. The topological polar surface area (TPSA) is 136 Å². The Morgan fingerprint density at radius 2 is 2.07 bits per heavy atom. The van der Waals surface area contributed by atoms with Crippen molar-refractivity contribution in [1.82, 2.24) is 10.2 Å². The van der Waals surface area contributed by atoms with Gasteiger partial charge in [-0.15, -0.1) is 6.58 Å². The average molecular weight is 411 g/mol. The van der Waals surface area contributed by atoms with Crippen LogP contribution in [0.2, 0.25) is 0 Å². The van der Waals surface area contributed by atoms with Crippen molar-refractivity contribution in [3.05, 3.63) is 52.1 Å². The summed E-state index contributed by atoms with van der Waals surface area (Å²) in [5, 5.41) is 13.2. The summed E-state index contributed by atoms with van der Waals surface area (Å²) in [6.45, 7) is 3.51. The van der Waals surface area contributed by atoms with E-state index in [1.54, 1.807) is 0 Å². The third-order valence-corrected chi connectivity index (χ3v) is 4.05. The fraction of sp³-hybridized carbons (Fsp3) is 0.133. The van der Waals surface area contributed by atoms with Gasteiger partial charge in [0.2, 0.25) is 0 Å². The van der Waals surface area contributed by atoms with Crippen molar-refractivity contribution in [3.63, 3.8) is 0 Å². The molecule has 0 radical (unpaired) electrons. The molecule has 2 amide bonds. The minimum Gasteiger partial charge on any atom is -0.382 e. The molecule has 1 heterocycles. The summed E-state index contributed by atoms with van der Waals surface area (Å²) in [6, 6.07) is 3.08. The van der Waals surface area contributed by atoms with Crippen molar-refractivity contribution in [2.24, 2.45) is 0 Å². The average Bonchev–Trinajstić information content (AvgIpc) is 2.55. The second-order valence-electron chi connectivity index (χ2n) is 5.29. The first-order valence-corrected chi connectivity index (χ1v) is 9.43. The van der Waals surface area contributed by atoms with Gasteiger partial charge in [-0.3, -0.25) is 29.9 Å².